The number of rotatable bonds is 9. The number of aromatic nitrogens is 3. The zero-order chi connectivity index (χ0) is 22.6. The monoisotopic (exact) mass is 420 g/mol. The van der Waals surface area contributed by atoms with E-state index >= 15 is 0 Å². The molecule has 0 radical (unpaired) electrons. The number of ether oxygens (including phenoxy) is 1. The van der Waals surface area contributed by atoms with Crippen LogP contribution in [0.15, 0.2) is 12.4 Å². The van der Waals surface area contributed by atoms with E-state index in [-0.39, 0.29) is 12.5 Å². The highest BCUT2D eigenvalue weighted by atomic mass is 16.6. The summed E-state index contributed by atoms with van der Waals surface area (Å²) in [6.45, 7) is 3.15. The van der Waals surface area contributed by atoms with Gasteiger partial charge in [0.1, 0.15) is 18.0 Å². The second kappa shape index (κ2) is 8.98. The fraction of sp³-hybridized carbons (Fsp3) is 0.353. The maximum atomic E-state index is 11.9. The SMILES string of the molecule is COc1c(C)cnc(CN(c2nc(N)ncc2[N+](=O)[O-])[C@H](CC(=O)O)C(=O)O)c1C. The van der Waals surface area contributed by atoms with Crippen molar-refractivity contribution in [2.75, 3.05) is 17.7 Å². The van der Waals surface area contributed by atoms with Gasteiger partial charge in [-0.1, -0.05) is 0 Å². The highest BCUT2D eigenvalue weighted by Gasteiger charge is 2.35. The molecule has 0 saturated heterocycles. The van der Waals surface area contributed by atoms with Crippen LogP contribution in [-0.4, -0.2) is 55.2 Å². The Labute approximate surface area is 170 Å². The van der Waals surface area contributed by atoms with E-state index in [2.05, 4.69) is 15.0 Å². The first kappa shape index (κ1) is 22.3. The fourth-order valence-electron chi connectivity index (χ4n) is 2.94. The number of carbonyl (C=O) groups is 2. The van der Waals surface area contributed by atoms with Crippen LogP contribution in [0.3, 0.4) is 0 Å². The Morgan fingerprint density at radius 1 is 1.30 bits per heavy atom. The largest absolute Gasteiger partial charge is 0.496 e. The molecule has 30 heavy (non-hydrogen) atoms. The van der Waals surface area contributed by atoms with Crippen LogP contribution in [-0.2, 0) is 16.1 Å². The summed E-state index contributed by atoms with van der Waals surface area (Å²) in [5.74, 6) is -3.20. The Balaban J connectivity index is 2.70. The molecule has 2 aromatic rings. The van der Waals surface area contributed by atoms with Gasteiger partial charge in [-0.3, -0.25) is 19.9 Å². The molecule has 2 heterocycles. The van der Waals surface area contributed by atoms with Gasteiger partial charge in [0, 0.05) is 17.3 Å². The van der Waals surface area contributed by atoms with Gasteiger partial charge in [-0.15, -0.1) is 0 Å². The molecule has 0 aromatic carbocycles. The molecule has 0 aliphatic carbocycles. The van der Waals surface area contributed by atoms with E-state index in [4.69, 9.17) is 10.5 Å². The van der Waals surface area contributed by atoms with E-state index in [0.29, 0.717) is 17.0 Å². The van der Waals surface area contributed by atoms with Gasteiger partial charge in [0.2, 0.25) is 11.8 Å². The lowest BCUT2D eigenvalue weighted by Gasteiger charge is -2.29. The number of nitrogens with zero attached hydrogens (tertiary/aromatic N) is 5. The Bertz CT molecular complexity index is 997. The molecular formula is C17H20N6O7. The summed E-state index contributed by atoms with van der Waals surface area (Å²) in [5.41, 5.74) is 6.54. The second-order valence-corrected chi connectivity index (χ2v) is 6.32. The number of aliphatic carboxylic acids is 2. The van der Waals surface area contributed by atoms with Crippen LogP contribution < -0.4 is 15.4 Å². The molecule has 0 fully saturated rings. The van der Waals surface area contributed by atoms with Gasteiger partial charge in [0.05, 0.1) is 30.7 Å². The third-order valence-electron chi connectivity index (χ3n) is 4.34. The summed E-state index contributed by atoms with van der Waals surface area (Å²) in [6.07, 6.45) is 1.48. The standard InChI is InChI=1S/C17H20N6O7/c1-8-5-19-10(9(2)14(8)30-3)7-22(11(16(26)27)4-13(24)25)15-12(23(28)29)6-20-17(18)21-15/h5-6,11H,4,7H2,1-3H3,(H,24,25)(H,26,27)(H2,18,20,21)/t11-/m1/s1. The zero-order valence-electron chi connectivity index (χ0n) is 16.4. The molecule has 0 unspecified atom stereocenters. The summed E-state index contributed by atoms with van der Waals surface area (Å²) in [6, 6.07) is -1.69. The number of methoxy groups -OCH3 is 1. The van der Waals surface area contributed by atoms with E-state index < -0.39 is 40.8 Å². The lowest BCUT2D eigenvalue weighted by Crippen LogP contribution is -2.43. The number of nitro groups is 1. The molecule has 0 spiro atoms. The molecule has 160 valence electrons. The third-order valence-corrected chi connectivity index (χ3v) is 4.34. The molecule has 1 atom stereocenters. The van der Waals surface area contributed by atoms with Gasteiger partial charge < -0.3 is 25.6 Å². The van der Waals surface area contributed by atoms with Crippen LogP contribution >= 0.6 is 0 Å². The molecular weight excluding hydrogens is 400 g/mol. The number of hydrogen-bond acceptors (Lipinski definition) is 10. The van der Waals surface area contributed by atoms with Crippen molar-refractivity contribution in [3.8, 4) is 5.75 Å². The maximum absolute atomic E-state index is 11.9. The van der Waals surface area contributed by atoms with Crippen molar-refractivity contribution in [2.24, 2.45) is 0 Å². The van der Waals surface area contributed by atoms with E-state index in [0.717, 1.165) is 16.7 Å². The topological polar surface area (TPSA) is 195 Å². The van der Waals surface area contributed by atoms with Crippen LogP contribution in [0, 0.1) is 24.0 Å². The number of carboxylic acid groups (broad SMARTS) is 2. The quantitative estimate of drug-likeness (QED) is 0.384. The maximum Gasteiger partial charge on any atom is 0.329 e. The Hall–Kier alpha value is -4.03. The number of pyridine rings is 1. The summed E-state index contributed by atoms with van der Waals surface area (Å²) >= 11 is 0. The number of aryl methyl sites for hydroxylation is 1. The van der Waals surface area contributed by atoms with E-state index in [1.54, 1.807) is 13.8 Å². The molecule has 0 saturated carbocycles. The number of nitrogen functional groups attached to an aromatic ring is 1. The fourth-order valence-corrected chi connectivity index (χ4v) is 2.94. The number of hydrogen-bond donors (Lipinski definition) is 3. The van der Waals surface area contributed by atoms with Crippen molar-refractivity contribution in [2.45, 2.75) is 32.9 Å². The smallest absolute Gasteiger partial charge is 0.329 e. The molecule has 4 N–H and O–H groups in total. The zero-order valence-corrected chi connectivity index (χ0v) is 16.4. The lowest BCUT2D eigenvalue weighted by molar-refractivity contribution is -0.384. The van der Waals surface area contributed by atoms with E-state index in [9.17, 15) is 29.9 Å². The summed E-state index contributed by atoms with van der Waals surface area (Å²) < 4.78 is 5.33. The molecule has 0 amide bonds. The molecule has 0 bridgehead atoms. The number of anilines is 2. The lowest BCUT2D eigenvalue weighted by atomic mass is 10.1. The van der Waals surface area contributed by atoms with Crippen molar-refractivity contribution >= 4 is 29.4 Å². The summed E-state index contributed by atoms with van der Waals surface area (Å²) in [4.78, 5) is 46.5. The molecule has 0 aliphatic rings. The van der Waals surface area contributed by atoms with Gasteiger partial charge >= 0.3 is 17.6 Å². The first-order chi connectivity index (χ1) is 14.1. The van der Waals surface area contributed by atoms with Crippen LogP contribution in [0.2, 0.25) is 0 Å². The van der Waals surface area contributed by atoms with Crippen LogP contribution in [0.4, 0.5) is 17.5 Å². The van der Waals surface area contributed by atoms with Gasteiger partial charge in [0.25, 0.3) is 0 Å². The van der Waals surface area contributed by atoms with Crippen LogP contribution in [0.25, 0.3) is 0 Å². The average molecular weight is 420 g/mol. The second-order valence-electron chi connectivity index (χ2n) is 6.32. The predicted molar refractivity (Wildman–Crippen MR) is 103 cm³/mol. The molecule has 2 rings (SSSR count). The van der Waals surface area contributed by atoms with Crippen molar-refractivity contribution in [3.05, 3.63) is 39.3 Å². The van der Waals surface area contributed by atoms with Crippen LogP contribution in [0.5, 0.6) is 5.75 Å². The normalized spacial score (nSPS) is 11.6. The minimum Gasteiger partial charge on any atom is -0.496 e. The average Bonchev–Trinajstić information content (AvgIpc) is 2.65. The van der Waals surface area contributed by atoms with Crippen LogP contribution in [0.1, 0.15) is 23.2 Å². The van der Waals surface area contributed by atoms with Crippen molar-refractivity contribution in [3.63, 3.8) is 0 Å². The Kier molecular flexibility index (Phi) is 6.66. The van der Waals surface area contributed by atoms with Gasteiger partial charge in [-0.25, -0.2) is 9.78 Å². The van der Waals surface area contributed by atoms with Crippen molar-refractivity contribution in [1.29, 1.82) is 0 Å². The summed E-state index contributed by atoms with van der Waals surface area (Å²) in [7, 11) is 1.46. The molecule has 13 nitrogen and oxygen atoms in total. The number of carboxylic acids is 2. The Morgan fingerprint density at radius 2 is 1.97 bits per heavy atom. The third kappa shape index (κ3) is 4.68. The minimum atomic E-state index is -1.69. The first-order valence-electron chi connectivity index (χ1n) is 8.54. The van der Waals surface area contributed by atoms with Crippen molar-refractivity contribution < 1.29 is 29.5 Å². The first-order valence-corrected chi connectivity index (χ1v) is 8.54. The highest BCUT2D eigenvalue weighted by molar-refractivity contribution is 5.84. The molecule has 2 aromatic heterocycles. The number of nitrogens with two attached hydrogens (primary N) is 1. The highest BCUT2D eigenvalue weighted by Crippen LogP contribution is 2.32. The van der Waals surface area contributed by atoms with Gasteiger partial charge in [0.15, 0.2) is 0 Å². The Morgan fingerprint density at radius 3 is 2.50 bits per heavy atom. The predicted octanol–water partition coefficient (Wildman–Crippen LogP) is 0.922. The van der Waals surface area contributed by atoms with E-state index in [1.165, 1.54) is 13.3 Å². The molecule has 0 aliphatic heterocycles. The molecule has 13 heteroatoms. The van der Waals surface area contributed by atoms with E-state index in [1.807, 2.05) is 0 Å². The van der Waals surface area contributed by atoms with Gasteiger partial charge in [-0.05, 0) is 13.8 Å². The summed E-state index contributed by atoms with van der Waals surface area (Å²) in [5, 5.41) is 30.3. The minimum absolute atomic E-state index is 0.302. The van der Waals surface area contributed by atoms with Crippen molar-refractivity contribution in [1.82, 2.24) is 15.0 Å². The van der Waals surface area contributed by atoms with Gasteiger partial charge in [-0.2, -0.15) is 4.98 Å².